The SMILES string of the molecule is CC1(C)CN(S(=O)(=O)c2cnn(CCCCl)c2)CCO1. The van der Waals surface area contributed by atoms with E-state index in [9.17, 15) is 8.42 Å². The van der Waals surface area contributed by atoms with E-state index >= 15 is 0 Å². The molecular formula is C12H20ClN3O3S. The Labute approximate surface area is 124 Å². The molecule has 114 valence electrons. The van der Waals surface area contributed by atoms with Gasteiger partial charge in [0.15, 0.2) is 0 Å². The van der Waals surface area contributed by atoms with Gasteiger partial charge in [-0.1, -0.05) is 0 Å². The fourth-order valence-corrected chi connectivity index (χ4v) is 3.80. The fourth-order valence-electron chi connectivity index (χ4n) is 2.15. The summed E-state index contributed by atoms with van der Waals surface area (Å²) in [5, 5.41) is 4.07. The second kappa shape index (κ2) is 6.01. The predicted octanol–water partition coefficient (Wildman–Crippen LogP) is 1.31. The number of halogens is 1. The van der Waals surface area contributed by atoms with Gasteiger partial charge < -0.3 is 4.74 Å². The zero-order valence-corrected chi connectivity index (χ0v) is 13.3. The minimum Gasteiger partial charge on any atom is -0.373 e. The summed E-state index contributed by atoms with van der Waals surface area (Å²) in [5.74, 6) is 0.527. The summed E-state index contributed by atoms with van der Waals surface area (Å²) >= 11 is 5.62. The molecule has 0 N–H and O–H groups in total. The van der Waals surface area contributed by atoms with Crippen LogP contribution < -0.4 is 0 Å². The highest BCUT2D eigenvalue weighted by Gasteiger charge is 2.35. The molecule has 2 rings (SSSR count). The topological polar surface area (TPSA) is 64.4 Å². The summed E-state index contributed by atoms with van der Waals surface area (Å²) in [6.45, 7) is 5.53. The number of aryl methyl sites for hydroxylation is 1. The Kier molecular flexibility index (Phi) is 4.73. The van der Waals surface area contributed by atoms with E-state index in [0.717, 1.165) is 6.42 Å². The van der Waals surface area contributed by atoms with Crippen molar-refractivity contribution in [3.05, 3.63) is 12.4 Å². The van der Waals surface area contributed by atoms with Gasteiger partial charge in [-0.05, 0) is 20.3 Å². The zero-order chi connectivity index (χ0) is 14.8. The highest BCUT2D eigenvalue weighted by Crippen LogP contribution is 2.23. The maximum atomic E-state index is 12.6. The lowest BCUT2D eigenvalue weighted by Gasteiger charge is -2.37. The quantitative estimate of drug-likeness (QED) is 0.767. The van der Waals surface area contributed by atoms with E-state index in [1.165, 1.54) is 10.5 Å². The summed E-state index contributed by atoms with van der Waals surface area (Å²) in [6, 6.07) is 0. The Morgan fingerprint density at radius 1 is 1.50 bits per heavy atom. The molecule has 1 saturated heterocycles. The van der Waals surface area contributed by atoms with E-state index < -0.39 is 15.6 Å². The van der Waals surface area contributed by atoms with Crippen molar-refractivity contribution < 1.29 is 13.2 Å². The molecule has 0 amide bonds. The van der Waals surface area contributed by atoms with Gasteiger partial charge >= 0.3 is 0 Å². The van der Waals surface area contributed by atoms with E-state index in [-0.39, 0.29) is 4.90 Å². The number of rotatable bonds is 5. The minimum absolute atomic E-state index is 0.227. The van der Waals surface area contributed by atoms with Crippen LogP contribution in [0.15, 0.2) is 17.3 Å². The summed E-state index contributed by atoms with van der Waals surface area (Å²) < 4.78 is 33.7. The molecule has 0 atom stereocenters. The van der Waals surface area contributed by atoms with E-state index in [4.69, 9.17) is 16.3 Å². The van der Waals surface area contributed by atoms with Crippen molar-refractivity contribution in [3.63, 3.8) is 0 Å². The van der Waals surface area contributed by atoms with Crippen molar-refractivity contribution >= 4 is 21.6 Å². The van der Waals surface area contributed by atoms with Crippen molar-refractivity contribution in [2.45, 2.75) is 37.3 Å². The second-order valence-corrected chi connectivity index (χ2v) is 7.74. The molecule has 0 spiro atoms. The van der Waals surface area contributed by atoms with Crippen LogP contribution in [-0.2, 0) is 21.3 Å². The first kappa shape index (κ1) is 15.8. The van der Waals surface area contributed by atoms with Gasteiger partial charge in [-0.15, -0.1) is 11.6 Å². The van der Waals surface area contributed by atoms with E-state index in [2.05, 4.69) is 5.10 Å². The van der Waals surface area contributed by atoms with Crippen LogP contribution >= 0.6 is 11.6 Å². The standard InChI is InChI=1S/C12H20ClN3O3S/c1-12(2)10-16(6-7-19-12)20(17,18)11-8-14-15(9-11)5-3-4-13/h8-9H,3-7,10H2,1-2H3. The molecule has 1 fully saturated rings. The molecule has 0 aromatic carbocycles. The Morgan fingerprint density at radius 3 is 2.90 bits per heavy atom. The first-order valence-electron chi connectivity index (χ1n) is 6.58. The molecule has 0 radical (unpaired) electrons. The van der Waals surface area contributed by atoms with Crippen molar-refractivity contribution in [1.82, 2.24) is 14.1 Å². The number of aromatic nitrogens is 2. The van der Waals surface area contributed by atoms with Gasteiger partial charge in [-0.25, -0.2) is 8.42 Å². The van der Waals surface area contributed by atoms with Gasteiger partial charge in [-0.3, -0.25) is 4.68 Å². The molecule has 1 aliphatic rings. The van der Waals surface area contributed by atoms with Gasteiger partial charge in [-0.2, -0.15) is 9.40 Å². The maximum Gasteiger partial charge on any atom is 0.246 e. The molecule has 0 bridgehead atoms. The smallest absolute Gasteiger partial charge is 0.246 e. The molecule has 1 aromatic rings. The first-order valence-corrected chi connectivity index (χ1v) is 8.55. The van der Waals surface area contributed by atoms with Crippen LogP contribution in [0.2, 0.25) is 0 Å². The maximum absolute atomic E-state index is 12.6. The average Bonchev–Trinajstić information content (AvgIpc) is 2.84. The minimum atomic E-state index is -3.50. The number of morpholine rings is 1. The number of sulfonamides is 1. The Hall–Kier alpha value is -0.630. The van der Waals surface area contributed by atoms with Gasteiger partial charge in [0, 0.05) is 31.7 Å². The Bertz CT molecular complexity index is 556. The molecular weight excluding hydrogens is 302 g/mol. The monoisotopic (exact) mass is 321 g/mol. The van der Waals surface area contributed by atoms with Crippen LogP contribution in [0.3, 0.4) is 0 Å². The van der Waals surface area contributed by atoms with Crippen molar-refractivity contribution in [1.29, 1.82) is 0 Å². The largest absolute Gasteiger partial charge is 0.373 e. The third kappa shape index (κ3) is 3.52. The van der Waals surface area contributed by atoms with E-state index in [1.54, 1.807) is 10.9 Å². The molecule has 1 aromatic heterocycles. The number of nitrogens with zero attached hydrogens (tertiary/aromatic N) is 3. The predicted molar refractivity (Wildman–Crippen MR) is 76.4 cm³/mol. The highest BCUT2D eigenvalue weighted by molar-refractivity contribution is 7.89. The molecule has 6 nitrogen and oxygen atoms in total. The summed E-state index contributed by atoms with van der Waals surface area (Å²) in [7, 11) is -3.50. The van der Waals surface area contributed by atoms with Crippen molar-refractivity contribution in [3.8, 4) is 0 Å². The third-order valence-electron chi connectivity index (χ3n) is 3.16. The second-order valence-electron chi connectivity index (χ2n) is 5.43. The van der Waals surface area contributed by atoms with Crippen LogP contribution in [0.5, 0.6) is 0 Å². The number of alkyl halides is 1. The molecule has 2 heterocycles. The molecule has 0 saturated carbocycles. The molecule has 1 aliphatic heterocycles. The zero-order valence-electron chi connectivity index (χ0n) is 11.7. The van der Waals surface area contributed by atoms with Crippen molar-refractivity contribution in [2.24, 2.45) is 0 Å². The van der Waals surface area contributed by atoms with Crippen LogP contribution in [0.1, 0.15) is 20.3 Å². The summed E-state index contributed by atoms with van der Waals surface area (Å²) in [6.07, 6.45) is 3.71. The van der Waals surface area contributed by atoms with Crippen LogP contribution in [-0.4, -0.2) is 53.7 Å². The average molecular weight is 322 g/mol. The lowest BCUT2D eigenvalue weighted by molar-refractivity contribution is -0.0640. The summed E-state index contributed by atoms with van der Waals surface area (Å²) in [4.78, 5) is 0.227. The Morgan fingerprint density at radius 2 is 2.25 bits per heavy atom. The van der Waals surface area contributed by atoms with Gasteiger partial charge in [0.05, 0.1) is 18.4 Å². The first-order chi connectivity index (χ1) is 9.35. The third-order valence-corrected chi connectivity index (χ3v) is 5.22. The van der Waals surface area contributed by atoms with Crippen LogP contribution in [0.25, 0.3) is 0 Å². The van der Waals surface area contributed by atoms with Crippen molar-refractivity contribution in [2.75, 3.05) is 25.6 Å². The Balaban J connectivity index is 2.15. The molecule has 8 heteroatoms. The lowest BCUT2D eigenvalue weighted by Crippen LogP contribution is -2.50. The lowest BCUT2D eigenvalue weighted by atomic mass is 10.1. The van der Waals surface area contributed by atoms with Crippen LogP contribution in [0, 0.1) is 0 Å². The van der Waals surface area contributed by atoms with Gasteiger partial charge in [0.1, 0.15) is 4.90 Å². The van der Waals surface area contributed by atoms with Gasteiger partial charge in [0.25, 0.3) is 0 Å². The van der Waals surface area contributed by atoms with Gasteiger partial charge in [0.2, 0.25) is 10.0 Å². The number of hydrogen-bond donors (Lipinski definition) is 0. The molecule has 0 aliphatic carbocycles. The normalized spacial score (nSPS) is 20.1. The summed E-state index contributed by atoms with van der Waals surface area (Å²) in [5.41, 5.74) is -0.458. The van der Waals surface area contributed by atoms with E-state index in [1.807, 2.05) is 13.8 Å². The fraction of sp³-hybridized carbons (Fsp3) is 0.750. The van der Waals surface area contributed by atoms with E-state index in [0.29, 0.717) is 32.1 Å². The molecule has 20 heavy (non-hydrogen) atoms. The van der Waals surface area contributed by atoms with Crippen LogP contribution in [0.4, 0.5) is 0 Å². The highest BCUT2D eigenvalue weighted by atomic mass is 35.5. The number of ether oxygens (including phenoxy) is 1. The number of hydrogen-bond acceptors (Lipinski definition) is 4. The molecule has 0 unspecified atom stereocenters.